The van der Waals surface area contributed by atoms with Crippen molar-refractivity contribution in [3.8, 4) is 16.5 Å². The number of carbonyl (C=O) groups excluding carboxylic acids is 1. The molecule has 4 N–H and O–H groups in total. The third-order valence-electron chi connectivity index (χ3n) is 4.06. The molecule has 0 aliphatic heterocycles. The Morgan fingerprint density at radius 2 is 2.00 bits per heavy atom. The van der Waals surface area contributed by atoms with E-state index in [1.165, 1.54) is 22.7 Å². The molecule has 3 aromatic heterocycles. The van der Waals surface area contributed by atoms with Gasteiger partial charge >= 0.3 is 5.97 Å². The fraction of sp³-hybridized carbons (Fsp3) is 0.0526. The summed E-state index contributed by atoms with van der Waals surface area (Å²) in [7, 11) is 0. The van der Waals surface area contributed by atoms with E-state index in [1.807, 2.05) is 30.3 Å². The van der Waals surface area contributed by atoms with Gasteiger partial charge in [-0.1, -0.05) is 18.2 Å². The van der Waals surface area contributed by atoms with E-state index in [1.54, 1.807) is 11.4 Å². The predicted octanol–water partition coefficient (Wildman–Crippen LogP) is 3.30. The molecule has 146 valence electrons. The molecule has 0 unspecified atom stereocenters. The number of carboxylic acids is 1. The van der Waals surface area contributed by atoms with E-state index in [0.29, 0.717) is 10.6 Å². The van der Waals surface area contributed by atoms with Crippen LogP contribution in [0.2, 0.25) is 0 Å². The van der Waals surface area contributed by atoms with Gasteiger partial charge in [0.2, 0.25) is 11.7 Å². The molecule has 0 spiro atoms. The van der Waals surface area contributed by atoms with Crippen LogP contribution >= 0.6 is 22.7 Å². The number of aromatic nitrogens is 2. The quantitative estimate of drug-likeness (QED) is 0.386. The monoisotopic (exact) mass is 427 g/mol. The summed E-state index contributed by atoms with van der Waals surface area (Å²) in [6.45, 7) is 0. The number of anilines is 1. The number of rotatable bonds is 5. The van der Waals surface area contributed by atoms with Crippen molar-refractivity contribution >= 4 is 50.3 Å². The number of hydrogen-bond acceptors (Lipinski definition) is 7. The van der Waals surface area contributed by atoms with Gasteiger partial charge < -0.3 is 20.5 Å². The van der Waals surface area contributed by atoms with Crippen molar-refractivity contribution in [2.75, 3.05) is 5.32 Å². The maximum absolute atomic E-state index is 12.5. The lowest BCUT2D eigenvalue weighted by Crippen LogP contribution is -2.16. The standard InChI is InChI=1S/C19H13N3O5S2/c23-13(8-10-7-9-3-1-2-4-12(9)29-10)20-11-5-6-28-16(11)17-21-14(19(26)27)15(24)18(25)22-17/h1-7,24H,8H2,(H,20,23)(H,26,27)(H,21,22,25). The summed E-state index contributed by atoms with van der Waals surface area (Å²) in [5.41, 5.74) is -1.32. The highest BCUT2D eigenvalue weighted by Crippen LogP contribution is 2.32. The Morgan fingerprint density at radius 3 is 2.76 bits per heavy atom. The molecule has 0 saturated heterocycles. The molecule has 29 heavy (non-hydrogen) atoms. The summed E-state index contributed by atoms with van der Waals surface area (Å²) >= 11 is 2.71. The summed E-state index contributed by atoms with van der Waals surface area (Å²) in [5.74, 6) is -2.79. The number of benzene rings is 1. The summed E-state index contributed by atoms with van der Waals surface area (Å²) in [6, 6.07) is 11.5. The first-order chi connectivity index (χ1) is 13.9. The van der Waals surface area contributed by atoms with Crippen LogP contribution < -0.4 is 10.9 Å². The Balaban J connectivity index is 1.59. The van der Waals surface area contributed by atoms with Crippen LogP contribution in [0.1, 0.15) is 15.4 Å². The van der Waals surface area contributed by atoms with E-state index in [-0.39, 0.29) is 18.2 Å². The number of aromatic carboxylic acids is 1. The van der Waals surface area contributed by atoms with E-state index in [9.17, 15) is 19.5 Å². The molecule has 1 amide bonds. The van der Waals surface area contributed by atoms with E-state index < -0.39 is 23.0 Å². The van der Waals surface area contributed by atoms with E-state index >= 15 is 0 Å². The van der Waals surface area contributed by atoms with Crippen LogP contribution in [0.3, 0.4) is 0 Å². The first-order valence-electron chi connectivity index (χ1n) is 8.34. The third kappa shape index (κ3) is 3.75. The summed E-state index contributed by atoms with van der Waals surface area (Å²) in [5, 5.41) is 24.2. The van der Waals surface area contributed by atoms with Crippen LogP contribution in [-0.2, 0) is 11.2 Å². The van der Waals surface area contributed by atoms with Crippen LogP contribution in [0.25, 0.3) is 20.8 Å². The largest absolute Gasteiger partial charge is 0.501 e. The maximum Gasteiger partial charge on any atom is 0.358 e. The Kier molecular flexibility index (Phi) is 4.87. The summed E-state index contributed by atoms with van der Waals surface area (Å²) in [4.78, 5) is 43.0. The van der Waals surface area contributed by atoms with Gasteiger partial charge in [-0.2, -0.15) is 0 Å². The fourth-order valence-electron chi connectivity index (χ4n) is 2.79. The zero-order chi connectivity index (χ0) is 20.5. The Bertz CT molecular complexity index is 1270. The van der Waals surface area contributed by atoms with Gasteiger partial charge in [0, 0.05) is 9.58 Å². The van der Waals surface area contributed by atoms with Gasteiger partial charge in [0.25, 0.3) is 5.56 Å². The number of carboxylic acid groups (broad SMARTS) is 1. The molecule has 4 aromatic rings. The van der Waals surface area contributed by atoms with Gasteiger partial charge in [0.1, 0.15) is 0 Å². The number of hydrogen-bond donors (Lipinski definition) is 4. The molecule has 0 fully saturated rings. The molecule has 3 heterocycles. The van der Waals surface area contributed by atoms with Crippen molar-refractivity contribution < 1.29 is 19.8 Å². The van der Waals surface area contributed by atoms with Crippen molar-refractivity contribution in [2.45, 2.75) is 6.42 Å². The highest BCUT2D eigenvalue weighted by atomic mass is 32.1. The molecular formula is C19H13N3O5S2. The van der Waals surface area contributed by atoms with Gasteiger partial charge in [-0.3, -0.25) is 9.59 Å². The molecular weight excluding hydrogens is 414 g/mol. The van der Waals surface area contributed by atoms with Crippen LogP contribution in [0.15, 0.2) is 46.6 Å². The van der Waals surface area contributed by atoms with Crippen LogP contribution in [0.5, 0.6) is 5.75 Å². The van der Waals surface area contributed by atoms with E-state index in [0.717, 1.165) is 15.0 Å². The molecule has 0 atom stereocenters. The number of fused-ring (bicyclic) bond motifs is 1. The van der Waals surface area contributed by atoms with Crippen molar-refractivity contribution in [1.29, 1.82) is 0 Å². The molecule has 8 nitrogen and oxygen atoms in total. The third-order valence-corrected chi connectivity index (χ3v) is 6.10. The molecule has 0 bridgehead atoms. The number of aromatic hydroxyl groups is 1. The fourth-order valence-corrected chi connectivity index (χ4v) is 4.65. The molecule has 0 aliphatic carbocycles. The van der Waals surface area contributed by atoms with E-state index in [4.69, 9.17) is 5.11 Å². The van der Waals surface area contributed by atoms with Gasteiger partial charge in [-0.15, -0.1) is 22.7 Å². The zero-order valence-electron chi connectivity index (χ0n) is 14.6. The Labute approximate surface area is 171 Å². The van der Waals surface area contributed by atoms with Gasteiger partial charge in [0.05, 0.1) is 17.0 Å². The molecule has 1 aromatic carbocycles. The normalized spacial score (nSPS) is 10.9. The topological polar surface area (TPSA) is 132 Å². The van der Waals surface area contributed by atoms with Crippen molar-refractivity contribution in [2.24, 2.45) is 0 Å². The lowest BCUT2D eigenvalue weighted by molar-refractivity contribution is -0.115. The highest BCUT2D eigenvalue weighted by Gasteiger charge is 2.20. The lowest BCUT2D eigenvalue weighted by Gasteiger charge is -2.07. The molecule has 4 rings (SSSR count). The maximum atomic E-state index is 12.5. The van der Waals surface area contributed by atoms with Crippen LogP contribution in [0, 0.1) is 0 Å². The van der Waals surface area contributed by atoms with Crippen molar-refractivity contribution in [3.63, 3.8) is 0 Å². The number of nitrogens with one attached hydrogen (secondary N) is 2. The van der Waals surface area contributed by atoms with E-state index in [2.05, 4.69) is 15.3 Å². The number of aromatic amines is 1. The molecule has 0 radical (unpaired) electrons. The number of nitrogens with zero attached hydrogens (tertiary/aromatic N) is 1. The molecule has 0 aliphatic rings. The first kappa shape index (κ1) is 18.8. The number of thiophene rings is 2. The Morgan fingerprint density at radius 1 is 1.21 bits per heavy atom. The molecule has 0 saturated carbocycles. The smallest absolute Gasteiger partial charge is 0.358 e. The molecule has 10 heteroatoms. The van der Waals surface area contributed by atoms with Gasteiger partial charge in [-0.05, 0) is 29.0 Å². The second kappa shape index (κ2) is 7.49. The van der Waals surface area contributed by atoms with Gasteiger partial charge in [0.15, 0.2) is 11.5 Å². The minimum atomic E-state index is -1.53. The summed E-state index contributed by atoms with van der Waals surface area (Å²) < 4.78 is 1.10. The van der Waals surface area contributed by atoms with Crippen molar-refractivity contribution in [3.05, 3.63) is 62.7 Å². The highest BCUT2D eigenvalue weighted by molar-refractivity contribution is 7.19. The second-order valence-corrected chi connectivity index (χ2v) is 8.14. The SMILES string of the molecule is O=C(Cc1cc2ccccc2s1)Nc1ccsc1-c1nc(C(=O)O)c(O)c(=O)[nH]1. The number of H-pyrrole nitrogens is 1. The summed E-state index contributed by atoms with van der Waals surface area (Å²) in [6.07, 6.45) is 0.175. The number of amides is 1. The van der Waals surface area contributed by atoms with Gasteiger partial charge in [-0.25, -0.2) is 9.78 Å². The predicted molar refractivity (Wildman–Crippen MR) is 111 cm³/mol. The van der Waals surface area contributed by atoms with Crippen LogP contribution in [0.4, 0.5) is 5.69 Å². The average molecular weight is 427 g/mol. The average Bonchev–Trinajstić information content (AvgIpc) is 3.29. The second-order valence-electron chi connectivity index (χ2n) is 6.06. The van der Waals surface area contributed by atoms with Crippen molar-refractivity contribution in [1.82, 2.24) is 9.97 Å². The Hall–Kier alpha value is -3.50. The minimum absolute atomic E-state index is 0.0441. The minimum Gasteiger partial charge on any atom is -0.501 e. The van der Waals surface area contributed by atoms with Crippen LogP contribution in [-0.4, -0.2) is 32.1 Å². The first-order valence-corrected chi connectivity index (χ1v) is 10.0. The lowest BCUT2D eigenvalue weighted by atomic mass is 10.2. The zero-order valence-corrected chi connectivity index (χ0v) is 16.3. The number of carbonyl (C=O) groups is 2.